The summed E-state index contributed by atoms with van der Waals surface area (Å²) in [7, 11) is 0. The van der Waals surface area contributed by atoms with E-state index in [9.17, 15) is 0 Å². The van der Waals surface area contributed by atoms with Crippen molar-refractivity contribution in [3.63, 3.8) is 0 Å². The van der Waals surface area contributed by atoms with Crippen LogP contribution in [0.3, 0.4) is 0 Å². The van der Waals surface area contributed by atoms with E-state index in [0.29, 0.717) is 6.04 Å². The molecule has 1 N–H and O–H groups in total. The second-order valence-electron chi connectivity index (χ2n) is 5.05. The van der Waals surface area contributed by atoms with Crippen LogP contribution in [0.2, 0.25) is 0 Å². The molecule has 2 aliphatic heterocycles. The van der Waals surface area contributed by atoms with E-state index >= 15 is 0 Å². The number of ether oxygens (including phenoxy) is 2. The summed E-state index contributed by atoms with van der Waals surface area (Å²) in [6.45, 7) is 4.15. The Bertz CT molecular complexity index is 395. The minimum atomic E-state index is 0.0706. The fourth-order valence-electron chi connectivity index (χ4n) is 2.99. The van der Waals surface area contributed by atoms with Crippen LogP contribution in [0, 0.1) is 0 Å². The molecule has 4 heteroatoms. The van der Waals surface area contributed by atoms with E-state index in [2.05, 4.69) is 45.5 Å². The Kier molecular flexibility index (Phi) is 3.71. The molecule has 3 rings (SSSR count). The van der Waals surface area contributed by atoms with Crippen molar-refractivity contribution in [1.29, 1.82) is 0 Å². The first-order valence-electron chi connectivity index (χ1n) is 6.46. The van der Waals surface area contributed by atoms with Crippen LogP contribution >= 0.6 is 15.9 Å². The molecule has 0 amide bonds. The smallest absolute Gasteiger partial charge is 0.0629 e. The zero-order valence-electron chi connectivity index (χ0n) is 10.3. The van der Waals surface area contributed by atoms with Gasteiger partial charge >= 0.3 is 0 Å². The molecular weight excluding hydrogens is 294 g/mol. The molecule has 3 nitrogen and oxygen atoms in total. The average molecular weight is 312 g/mol. The maximum absolute atomic E-state index is 5.69. The summed E-state index contributed by atoms with van der Waals surface area (Å²) in [5.74, 6) is 0. The van der Waals surface area contributed by atoms with Gasteiger partial charge < -0.3 is 14.8 Å². The fourth-order valence-corrected chi connectivity index (χ4v) is 3.25. The maximum atomic E-state index is 5.69. The van der Waals surface area contributed by atoms with Crippen molar-refractivity contribution in [2.75, 3.05) is 33.0 Å². The number of morpholine rings is 1. The maximum Gasteiger partial charge on any atom is 0.0629 e. The van der Waals surface area contributed by atoms with E-state index < -0.39 is 0 Å². The molecule has 2 aliphatic rings. The third kappa shape index (κ3) is 2.23. The standard InChI is InChI=1S/C14H18BrNO2/c15-12-3-1-11(2-4-12)14(5-7-18-10-14)13-9-17-8-6-16-13/h1-4,13,16H,5-10H2. The van der Waals surface area contributed by atoms with E-state index in [1.807, 2.05) is 0 Å². The molecule has 0 radical (unpaired) electrons. The quantitative estimate of drug-likeness (QED) is 0.907. The molecule has 0 spiro atoms. The highest BCUT2D eigenvalue weighted by Crippen LogP contribution is 2.37. The lowest BCUT2D eigenvalue weighted by molar-refractivity contribution is 0.0416. The summed E-state index contributed by atoms with van der Waals surface area (Å²) < 4.78 is 12.4. The minimum Gasteiger partial charge on any atom is -0.380 e. The Hall–Kier alpha value is -0.420. The van der Waals surface area contributed by atoms with Gasteiger partial charge in [-0.2, -0.15) is 0 Å². The summed E-state index contributed by atoms with van der Waals surface area (Å²) in [5.41, 5.74) is 1.42. The van der Waals surface area contributed by atoms with Crippen molar-refractivity contribution in [3.05, 3.63) is 34.3 Å². The van der Waals surface area contributed by atoms with Crippen molar-refractivity contribution in [2.45, 2.75) is 17.9 Å². The third-order valence-electron chi connectivity index (χ3n) is 4.06. The Morgan fingerprint density at radius 3 is 2.61 bits per heavy atom. The van der Waals surface area contributed by atoms with Gasteiger partial charge in [0.2, 0.25) is 0 Å². The Morgan fingerprint density at radius 1 is 1.17 bits per heavy atom. The Balaban J connectivity index is 1.92. The molecule has 0 aromatic heterocycles. The highest BCUT2D eigenvalue weighted by molar-refractivity contribution is 9.10. The first-order chi connectivity index (χ1) is 8.81. The van der Waals surface area contributed by atoms with Gasteiger partial charge in [-0.3, -0.25) is 0 Å². The van der Waals surface area contributed by atoms with Gasteiger partial charge in [-0.15, -0.1) is 0 Å². The van der Waals surface area contributed by atoms with Crippen LogP contribution in [0.1, 0.15) is 12.0 Å². The molecule has 98 valence electrons. The van der Waals surface area contributed by atoms with Crippen LogP contribution in [0.15, 0.2) is 28.7 Å². The van der Waals surface area contributed by atoms with Crippen molar-refractivity contribution >= 4 is 15.9 Å². The zero-order valence-corrected chi connectivity index (χ0v) is 11.9. The summed E-state index contributed by atoms with van der Waals surface area (Å²) >= 11 is 3.50. The van der Waals surface area contributed by atoms with Crippen LogP contribution in [-0.2, 0) is 14.9 Å². The molecule has 18 heavy (non-hydrogen) atoms. The first-order valence-corrected chi connectivity index (χ1v) is 7.25. The number of nitrogens with one attached hydrogen (secondary N) is 1. The Labute approximate surface area is 116 Å². The van der Waals surface area contributed by atoms with Crippen molar-refractivity contribution in [2.24, 2.45) is 0 Å². The van der Waals surface area contributed by atoms with Gasteiger partial charge in [0.15, 0.2) is 0 Å². The molecule has 0 saturated carbocycles. The molecule has 2 saturated heterocycles. The van der Waals surface area contributed by atoms with Gasteiger partial charge in [0, 0.05) is 29.1 Å². The number of hydrogen-bond donors (Lipinski definition) is 1. The molecule has 0 bridgehead atoms. The topological polar surface area (TPSA) is 30.5 Å². The van der Waals surface area contributed by atoms with E-state index in [0.717, 1.165) is 43.9 Å². The summed E-state index contributed by atoms with van der Waals surface area (Å²) in [5, 5.41) is 3.60. The van der Waals surface area contributed by atoms with Gasteiger partial charge in [0.25, 0.3) is 0 Å². The highest BCUT2D eigenvalue weighted by Gasteiger charge is 2.44. The van der Waals surface area contributed by atoms with Crippen LogP contribution in [-0.4, -0.2) is 39.0 Å². The molecule has 2 unspecified atom stereocenters. The molecule has 1 aromatic rings. The number of benzene rings is 1. The summed E-state index contributed by atoms with van der Waals surface area (Å²) in [6.07, 6.45) is 1.07. The second kappa shape index (κ2) is 5.29. The lowest BCUT2D eigenvalue weighted by Gasteiger charge is -2.39. The predicted octanol–water partition coefficient (Wildman–Crippen LogP) is 2.10. The number of halogens is 1. The largest absolute Gasteiger partial charge is 0.380 e. The summed E-state index contributed by atoms with van der Waals surface area (Å²) in [6, 6.07) is 8.98. The molecule has 0 aliphatic carbocycles. The minimum absolute atomic E-state index is 0.0706. The predicted molar refractivity (Wildman–Crippen MR) is 73.9 cm³/mol. The van der Waals surface area contributed by atoms with Crippen LogP contribution in [0.5, 0.6) is 0 Å². The van der Waals surface area contributed by atoms with E-state index in [1.165, 1.54) is 5.56 Å². The second-order valence-corrected chi connectivity index (χ2v) is 5.96. The van der Waals surface area contributed by atoms with Crippen molar-refractivity contribution in [3.8, 4) is 0 Å². The lowest BCUT2D eigenvalue weighted by Crippen LogP contribution is -2.55. The molecular formula is C14H18BrNO2. The molecule has 2 fully saturated rings. The molecule has 1 aromatic carbocycles. The fraction of sp³-hybridized carbons (Fsp3) is 0.571. The molecule has 2 atom stereocenters. The normalized spacial score (nSPS) is 32.6. The van der Waals surface area contributed by atoms with Crippen LogP contribution in [0.25, 0.3) is 0 Å². The van der Waals surface area contributed by atoms with Crippen molar-refractivity contribution < 1.29 is 9.47 Å². The van der Waals surface area contributed by atoms with Gasteiger partial charge in [-0.1, -0.05) is 28.1 Å². The van der Waals surface area contributed by atoms with Gasteiger partial charge in [0.1, 0.15) is 0 Å². The van der Waals surface area contributed by atoms with Gasteiger partial charge in [0.05, 0.1) is 19.8 Å². The highest BCUT2D eigenvalue weighted by atomic mass is 79.9. The molecule has 2 heterocycles. The third-order valence-corrected chi connectivity index (χ3v) is 4.59. The van der Waals surface area contributed by atoms with E-state index in [-0.39, 0.29) is 5.41 Å². The van der Waals surface area contributed by atoms with Gasteiger partial charge in [-0.05, 0) is 24.1 Å². The van der Waals surface area contributed by atoms with Gasteiger partial charge in [-0.25, -0.2) is 0 Å². The lowest BCUT2D eigenvalue weighted by atomic mass is 9.73. The monoisotopic (exact) mass is 311 g/mol. The number of hydrogen-bond acceptors (Lipinski definition) is 3. The summed E-state index contributed by atoms with van der Waals surface area (Å²) in [4.78, 5) is 0. The van der Waals surface area contributed by atoms with Crippen LogP contribution < -0.4 is 5.32 Å². The zero-order chi connectivity index (χ0) is 12.4. The number of rotatable bonds is 2. The van der Waals surface area contributed by atoms with Crippen LogP contribution in [0.4, 0.5) is 0 Å². The SMILES string of the molecule is Brc1ccc(C2(C3COCCN3)CCOC2)cc1. The van der Waals surface area contributed by atoms with Crippen molar-refractivity contribution in [1.82, 2.24) is 5.32 Å². The first kappa shape index (κ1) is 12.6. The van der Waals surface area contributed by atoms with E-state index in [4.69, 9.17) is 9.47 Å². The Morgan fingerprint density at radius 2 is 2.00 bits per heavy atom. The van der Waals surface area contributed by atoms with E-state index in [1.54, 1.807) is 0 Å². The average Bonchev–Trinajstić information content (AvgIpc) is 2.91.